The maximum absolute atomic E-state index is 13.6. The molecule has 234 valence electrons. The fourth-order valence-electron chi connectivity index (χ4n) is 5.19. The number of carbonyl (C=O) groups excluding carboxylic acids is 4. The minimum atomic E-state index is -0.908. The lowest BCUT2D eigenvalue weighted by Crippen LogP contribution is -2.55. The van der Waals surface area contributed by atoms with E-state index < -0.39 is 36.2 Å². The lowest BCUT2D eigenvalue weighted by Gasteiger charge is -2.28. The molecule has 2 aromatic carbocycles. The zero-order valence-corrected chi connectivity index (χ0v) is 29.3. The van der Waals surface area contributed by atoms with E-state index in [0.717, 1.165) is 10.9 Å². The highest BCUT2D eigenvalue weighted by molar-refractivity contribution is 14.1. The largest absolute Gasteiger partial charge is 0.497 e. The number of rotatable bonds is 12. The summed E-state index contributed by atoms with van der Waals surface area (Å²) >= 11 is 3.37. The van der Waals surface area contributed by atoms with Crippen molar-refractivity contribution >= 4 is 75.6 Å². The molecule has 3 amide bonds. The number of hydrogen-bond acceptors (Lipinski definition) is 7. The third-order valence-corrected chi connectivity index (χ3v) is 8.95. The van der Waals surface area contributed by atoms with Crippen LogP contribution in [0.5, 0.6) is 11.5 Å². The molecule has 0 spiro atoms. The van der Waals surface area contributed by atoms with Gasteiger partial charge >= 0.3 is 6.03 Å². The number of hydrogen-bond donors (Lipinski definition) is 2. The molecule has 0 radical (unpaired) electrons. The Kier molecular flexibility index (Phi) is 11.8. The first-order chi connectivity index (χ1) is 21.0. The van der Waals surface area contributed by atoms with Gasteiger partial charge in [-0.3, -0.25) is 14.4 Å². The lowest BCUT2D eigenvalue weighted by atomic mass is 10.1. The van der Waals surface area contributed by atoms with Crippen molar-refractivity contribution in [3.05, 3.63) is 54.6 Å². The third-order valence-electron chi connectivity index (χ3n) is 7.53. The van der Waals surface area contributed by atoms with Gasteiger partial charge in [-0.2, -0.15) is 0 Å². The zero-order valence-electron chi connectivity index (χ0n) is 25.0. The molecule has 2 N–H and O–H groups in total. The van der Waals surface area contributed by atoms with E-state index in [1.807, 2.05) is 75.4 Å². The molecule has 1 fully saturated rings. The van der Waals surface area contributed by atoms with E-state index in [0.29, 0.717) is 35.6 Å². The number of carbonyl (C=O) groups is 4. The van der Waals surface area contributed by atoms with Crippen molar-refractivity contribution in [3.8, 4) is 22.8 Å². The Bertz CT molecular complexity index is 1520. The third kappa shape index (κ3) is 8.17. The molecule has 1 aromatic heterocycles. The van der Waals surface area contributed by atoms with Crippen LogP contribution in [0.25, 0.3) is 22.2 Å². The molecule has 4 atom stereocenters. The van der Waals surface area contributed by atoms with Crippen molar-refractivity contribution in [2.24, 2.45) is 5.92 Å². The Morgan fingerprint density at radius 1 is 1.02 bits per heavy atom. The Balaban J connectivity index is 1.68. The summed E-state index contributed by atoms with van der Waals surface area (Å²) in [5, 5.41) is 6.39. The molecule has 0 bridgehead atoms. The monoisotopic (exact) mass is 826 g/mol. The minimum Gasteiger partial charge on any atom is -0.497 e. The molecule has 2 heterocycles. The van der Waals surface area contributed by atoms with Gasteiger partial charge in [-0.05, 0) is 24.5 Å². The summed E-state index contributed by atoms with van der Waals surface area (Å²) in [5.74, 6) is 0.618. The number of aromatic nitrogens is 1. The summed E-state index contributed by atoms with van der Waals surface area (Å²) in [6.45, 7) is 5.72. The van der Waals surface area contributed by atoms with Crippen molar-refractivity contribution in [1.29, 1.82) is 0 Å². The second-order valence-electron chi connectivity index (χ2n) is 11.0. The van der Waals surface area contributed by atoms with Crippen LogP contribution in [0.3, 0.4) is 0 Å². The van der Waals surface area contributed by atoms with Gasteiger partial charge in [0, 0.05) is 74.7 Å². The molecule has 0 saturated carbocycles. The molecule has 0 unspecified atom stereocenters. The van der Waals surface area contributed by atoms with Gasteiger partial charge in [-0.25, -0.2) is 9.78 Å². The van der Waals surface area contributed by atoms with Crippen LogP contribution in [0.4, 0.5) is 4.79 Å². The fourth-order valence-corrected chi connectivity index (χ4v) is 6.54. The van der Waals surface area contributed by atoms with Crippen LogP contribution < -0.4 is 20.1 Å². The Labute approximate surface area is 284 Å². The van der Waals surface area contributed by atoms with E-state index >= 15 is 0 Å². The first-order valence-electron chi connectivity index (χ1n) is 14.5. The number of methoxy groups -OCH3 is 1. The number of halogens is 2. The van der Waals surface area contributed by atoms with Crippen LogP contribution in [-0.2, 0) is 14.4 Å². The zero-order chi connectivity index (χ0) is 32.0. The predicted molar refractivity (Wildman–Crippen MR) is 185 cm³/mol. The van der Waals surface area contributed by atoms with Crippen molar-refractivity contribution in [3.63, 3.8) is 0 Å². The molecule has 12 heteroatoms. The molecule has 3 aromatic rings. The van der Waals surface area contributed by atoms with E-state index in [1.165, 1.54) is 4.90 Å². The van der Waals surface area contributed by atoms with E-state index in [4.69, 9.17) is 14.5 Å². The van der Waals surface area contributed by atoms with E-state index in [2.05, 4.69) is 10.6 Å². The van der Waals surface area contributed by atoms with Gasteiger partial charge in [0.15, 0.2) is 0 Å². The number of amides is 3. The average molecular weight is 826 g/mol. The molecule has 1 saturated heterocycles. The maximum Gasteiger partial charge on any atom is 0.318 e. The summed E-state index contributed by atoms with van der Waals surface area (Å²) in [4.78, 5) is 57.9. The van der Waals surface area contributed by atoms with E-state index in [-0.39, 0.29) is 26.5 Å². The molecule has 1 aliphatic heterocycles. The van der Waals surface area contributed by atoms with Crippen LogP contribution >= 0.6 is 45.2 Å². The quantitative estimate of drug-likeness (QED) is 0.178. The summed E-state index contributed by atoms with van der Waals surface area (Å²) in [5.41, 5.74) is 2.28. The summed E-state index contributed by atoms with van der Waals surface area (Å²) in [6, 6.07) is 14.3. The Morgan fingerprint density at radius 2 is 1.75 bits per heavy atom. The molecular formula is C32H36I2N4O6. The van der Waals surface area contributed by atoms with Gasteiger partial charge in [0.05, 0.1) is 30.9 Å². The van der Waals surface area contributed by atoms with Crippen molar-refractivity contribution in [2.45, 2.75) is 64.3 Å². The van der Waals surface area contributed by atoms with Crippen LogP contribution in [0.2, 0.25) is 0 Å². The summed E-state index contributed by atoms with van der Waals surface area (Å²) in [7, 11) is 1.59. The van der Waals surface area contributed by atoms with Gasteiger partial charge < -0.3 is 25.0 Å². The van der Waals surface area contributed by atoms with Crippen molar-refractivity contribution in [2.75, 3.05) is 13.7 Å². The molecule has 0 aliphatic carbocycles. The first-order valence-corrected chi connectivity index (χ1v) is 16.6. The number of fused-ring (bicyclic) bond motifs is 1. The molecule has 44 heavy (non-hydrogen) atoms. The number of ether oxygens (including phenoxy) is 2. The van der Waals surface area contributed by atoms with Gasteiger partial charge in [-0.15, -0.1) is 0 Å². The minimum absolute atomic E-state index is 0.0986. The van der Waals surface area contributed by atoms with Crippen molar-refractivity contribution < 1.29 is 28.7 Å². The Hall–Kier alpha value is -3.01. The smallest absolute Gasteiger partial charge is 0.318 e. The summed E-state index contributed by atoms with van der Waals surface area (Å²) in [6.07, 6.45) is 0.830. The van der Waals surface area contributed by atoms with Gasteiger partial charge in [0.25, 0.3) is 0 Å². The normalized spacial score (nSPS) is 17.7. The van der Waals surface area contributed by atoms with Crippen LogP contribution in [-0.4, -0.2) is 67.3 Å². The summed E-state index contributed by atoms with van der Waals surface area (Å²) < 4.78 is 11.6. The number of nitrogens with zero attached hydrogens (tertiary/aromatic N) is 2. The van der Waals surface area contributed by atoms with E-state index in [9.17, 15) is 19.2 Å². The molecule has 10 nitrogen and oxygen atoms in total. The van der Waals surface area contributed by atoms with Crippen LogP contribution in [0, 0.1) is 5.92 Å². The highest BCUT2D eigenvalue weighted by Gasteiger charge is 2.43. The van der Waals surface area contributed by atoms with Gasteiger partial charge in [-0.1, -0.05) is 57.5 Å². The average Bonchev–Trinajstić information content (AvgIpc) is 3.43. The van der Waals surface area contributed by atoms with Gasteiger partial charge in [0.2, 0.25) is 13.5 Å². The number of nitrogens with one attached hydrogen (secondary N) is 2. The predicted octanol–water partition coefficient (Wildman–Crippen LogP) is 5.67. The topological polar surface area (TPSA) is 127 Å². The number of urea groups is 1. The van der Waals surface area contributed by atoms with Crippen LogP contribution in [0.15, 0.2) is 54.6 Å². The second kappa shape index (κ2) is 15.3. The molecule has 4 rings (SSSR count). The fraction of sp³-hybridized carbons (Fsp3) is 0.406. The number of benzene rings is 2. The maximum atomic E-state index is 13.6. The number of likely N-dealkylation sites (tertiary alicyclic amines) is 1. The number of pyridine rings is 1. The van der Waals surface area contributed by atoms with Gasteiger partial charge in [0.1, 0.15) is 29.7 Å². The first kappa shape index (κ1) is 33.9. The molecule has 1 aliphatic rings. The lowest BCUT2D eigenvalue weighted by molar-refractivity contribution is -0.127. The SMILES string of the molecule is CCC[C@H](NC(=O)[C@@H]1C[C@@H](Oc2cc(-c3ccccc3)nc3cc(OC)ccc23)CN1C(=O)N[C@H](C(=O)I)C(C)C)C(=O)I. The van der Waals surface area contributed by atoms with Crippen molar-refractivity contribution in [1.82, 2.24) is 20.5 Å². The van der Waals surface area contributed by atoms with Crippen LogP contribution in [0.1, 0.15) is 40.0 Å². The highest BCUT2D eigenvalue weighted by atomic mass is 127. The standard InChI is InChI=1S/C32H36I2N4O6/c1-5-9-23(29(33)39)36-31(41)26-15-21(17-38(26)32(42)37-28(18(2)3)30(34)40)44-27-16-24(19-10-7-6-8-11-19)35-25-14-20(43-4)12-13-22(25)27/h6-8,10-14,16,18,21,23,26,28H,5,9,15,17H2,1-4H3,(H,36,41)(H,37,42)/t21-,23+,26+,28+/m1/s1. The Morgan fingerprint density at radius 3 is 2.36 bits per heavy atom. The highest BCUT2D eigenvalue weighted by Crippen LogP contribution is 2.34. The molecular weight excluding hydrogens is 790 g/mol. The van der Waals surface area contributed by atoms with E-state index in [1.54, 1.807) is 52.3 Å². The second-order valence-corrected chi connectivity index (χ2v) is 13.2.